The number of Topliss-reactive ketones (excluding diaryl/α,β-unsaturated/α-hetero) is 1. The van der Waals surface area contributed by atoms with Gasteiger partial charge in [-0.3, -0.25) is 14.0 Å². The lowest BCUT2D eigenvalue weighted by Gasteiger charge is -2.11. The highest BCUT2D eigenvalue weighted by Crippen LogP contribution is 2.28. The summed E-state index contributed by atoms with van der Waals surface area (Å²) in [5.74, 6) is -0.0737. The van der Waals surface area contributed by atoms with Crippen LogP contribution in [-0.2, 0) is 16.1 Å². The minimum Gasteiger partial charge on any atom is -0.493 e. The van der Waals surface area contributed by atoms with E-state index in [4.69, 9.17) is 14.2 Å². The van der Waals surface area contributed by atoms with Crippen LogP contribution in [0.3, 0.4) is 0 Å². The van der Waals surface area contributed by atoms with Gasteiger partial charge in [0.05, 0.1) is 12.8 Å². The molecule has 0 fully saturated rings. The molecule has 0 saturated heterocycles. The molecule has 0 aliphatic heterocycles. The van der Waals surface area contributed by atoms with Crippen molar-refractivity contribution in [1.82, 2.24) is 9.38 Å². The summed E-state index contributed by atoms with van der Waals surface area (Å²) >= 11 is 1.31. The van der Waals surface area contributed by atoms with Gasteiger partial charge in [0.15, 0.2) is 28.9 Å². The number of ketones is 1. The number of carbonyl (C=O) groups excluding carboxylic acids is 2. The number of thiazole rings is 1. The molecule has 8 nitrogen and oxygen atoms in total. The fraction of sp³-hybridized carbons (Fsp3) is 0.222. The van der Waals surface area contributed by atoms with Crippen molar-refractivity contribution in [1.29, 1.82) is 0 Å². The fourth-order valence-corrected chi connectivity index (χ4v) is 3.04. The van der Waals surface area contributed by atoms with E-state index in [0.717, 1.165) is 0 Å². The molecule has 9 heteroatoms. The molecule has 0 unspecified atom stereocenters. The van der Waals surface area contributed by atoms with Crippen molar-refractivity contribution in [3.8, 4) is 11.5 Å². The van der Waals surface area contributed by atoms with Crippen molar-refractivity contribution in [2.24, 2.45) is 0 Å². The molecule has 0 radical (unpaired) electrons. The third kappa shape index (κ3) is 4.32. The third-order valence-corrected chi connectivity index (χ3v) is 4.41. The fourth-order valence-electron chi connectivity index (χ4n) is 2.30. The zero-order valence-electron chi connectivity index (χ0n) is 14.6. The van der Waals surface area contributed by atoms with E-state index in [9.17, 15) is 14.4 Å². The molecule has 2 heterocycles. The Morgan fingerprint density at radius 2 is 2.04 bits per heavy atom. The number of carbonyl (C=O) groups is 2. The van der Waals surface area contributed by atoms with Crippen molar-refractivity contribution in [2.45, 2.75) is 13.5 Å². The van der Waals surface area contributed by atoms with E-state index in [0.29, 0.717) is 27.7 Å². The summed E-state index contributed by atoms with van der Waals surface area (Å²) in [7, 11) is 1.44. The summed E-state index contributed by atoms with van der Waals surface area (Å²) in [4.78, 5) is 40.0. The van der Waals surface area contributed by atoms with Crippen LogP contribution in [0.1, 0.15) is 23.0 Å². The largest absolute Gasteiger partial charge is 0.493 e. The molecule has 1 aromatic carbocycles. The number of hydrogen-bond donors (Lipinski definition) is 0. The average molecular weight is 388 g/mol. The Kier molecular flexibility index (Phi) is 5.51. The van der Waals surface area contributed by atoms with E-state index in [-0.39, 0.29) is 24.6 Å². The van der Waals surface area contributed by atoms with Crippen LogP contribution in [-0.4, -0.2) is 34.9 Å². The quantitative estimate of drug-likeness (QED) is 0.452. The molecule has 27 heavy (non-hydrogen) atoms. The molecule has 0 spiro atoms. The molecule has 0 aliphatic carbocycles. The zero-order valence-corrected chi connectivity index (χ0v) is 15.4. The molecular formula is C18H16N2O6S. The van der Waals surface area contributed by atoms with Gasteiger partial charge in [-0.05, 0) is 25.1 Å². The van der Waals surface area contributed by atoms with Gasteiger partial charge in [0.1, 0.15) is 6.61 Å². The van der Waals surface area contributed by atoms with E-state index < -0.39 is 5.97 Å². The molecule has 3 rings (SSSR count). The maximum Gasteiger partial charge on any atom is 0.344 e. The summed E-state index contributed by atoms with van der Waals surface area (Å²) in [6.07, 6.45) is 1.63. The number of nitrogens with zero attached hydrogens (tertiary/aromatic N) is 2. The predicted octanol–water partition coefficient (Wildman–Crippen LogP) is 2.09. The molecule has 0 saturated carbocycles. The second-order valence-electron chi connectivity index (χ2n) is 5.51. The van der Waals surface area contributed by atoms with Crippen molar-refractivity contribution in [2.75, 3.05) is 13.7 Å². The SMILES string of the molecule is COc1cc(C(C)=O)ccc1OCC(=O)OCc1cc(=O)n2ccsc2n1. The molecule has 140 valence electrons. The monoisotopic (exact) mass is 388 g/mol. The van der Waals surface area contributed by atoms with Gasteiger partial charge in [0, 0.05) is 23.2 Å². The van der Waals surface area contributed by atoms with Gasteiger partial charge in [0.2, 0.25) is 0 Å². The highest BCUT2D eigenvalue weighted by atomic mass is 32.1. The first-order chi connectivity index (χ1) is 13.0. The Morgan fingerprint density at radius 3 is 2.78 bits per heavy atom. The maximum absolute atomic E-state index is 11.9. The van der Waals surface area contributed by atoms with Crippen LogP contribution < -0.4 is 15.0 Å². The Bertz CT molecular complexity index is 1060. The van der Waals surface area contributed by atoms with E-state index in [2.05, 4.69) is 4.98 Å². The summed E-state index contributed by atoms with van der Waals surface area (Å²) in [5.41, 5.74) is 0.598. The summed E-state index contributed by atoms with van der Waals surface area (Å²) < 4.78 is 17.1. The average Bonchev–Trinajstić information content (AvgIpc) is 3.13. The van der Waals surface area contributed by atoms with Crippen LogP contribution in [0.15, 0.2) is 40.6 Å². The van der Waals surface area contributed by atoms with E-state index in [1.807, 2.05) is 0 Å². The molecule has 0 atom stereocenters. The summed E-state index contributed by atoms with van der Waals surface area (Å²) in [5, 5.41) is 1.75. The summed E-state index contributed by atoms with van der Waals surface area (Å²) in [6.45, 7) is 0.961. The molecule has 0 bridgehead atoms. The molecular weight excluding hydrogens is 372 g/mol. The number of fused-ring (bicyclic) bond motifs is 1. The van der Waals surface area contributed by atoms with E-state index >= 15 is 0 Å². The number of benzene rings is 1. The van der Waals surface area contributed by atoms with E-state index in [1.54, 1.807) is 23.7 Å². The number of rotatable bonds is 7. The lowest BCUT2D eigenvalue weighted by Crippen LogP contribution is -2.17. The van der Waals surface area contributed by atoms with Crippen LogP contribution in [0.2, 0.25) is 0 Å². The molecule has 0 N–H and O–H groups in total. The van der Waals surface area contributed by atoms with Gasteiger partial charge in [0.25, 0.3) is 5.56 Å². The topological polar surface area (TPSA) is 96.2 Å². The molecule has 3 aromatic rings. The molecule has 0 amide bonds. The van der Waals surface area contributed by atoms with Crippen molar-refractivity contribution < 1.29 is 23.8 Å². The standard InChI is InChI=1S/C18H16N2O6S/c1-11(21)12-3-4-14(15(7-12)24-2)25-10-17(23)26-9-13-8-16(22)20-5-6-27-18(20)19-13/h3-8H,9-10H2,1-2H3. The molecule has 2 aromatic heterocycles. The third-order valence-electron chi connectivity index (χ3n) is 3.65. The second kappa shape index (κ2) is 8.00. The summed E-state index contributed by atoms with van der Waals surface area (Å²) in [6, 6.07) is 5.99. The smallest absolute Gasteiger partial charge is 0.344 e. The number of methoxy groups -OCH3 is 1. The number of esters is 1. The Morgan fingerprint density at radius 1 is 1.22 bits per heavy atom. The second-order valence-corrected chi connectivity index (χ2v) is 6.39. The highest BCUT2D eigenvalue weighted by molar-refractivity contribution is 7.15. The van der Waals surface area contributed by atoms with Crippen molar-refractivity contribution in [3.63, 3.8) is 0 Å². The van der Waals surface area contributed by atoms with Gasteiger partial charge < -0.3 is 14.2 Å². The van der Waals surface area contributed by atoms with Crippen LogP contribution >= 0.6 is 11.3 Å². The van der Waals surface area contributed by atoms with Crippen LogP contribution in [0.25, 0.3) is 4.96 Å². The van der Waals surface area contributed by atoms with Gasteiger partial charge in [-0.15, -0.1) is 11.3 Å². The van der Waals surface area contributed by atoms with Crippen molar-refractivity contribution in [3.05, 3.63) is 57.5 Å². The molecule has 0 aliphatic rings. The lowest BCUT2D eigenvalue weighted by molar-refractivity contribution is -0.147. The predicted molar refractivity (Wildman–Crippen MR) is 97.6 cm³/mol. The van der Waals surface area contributed by atoms with Gasteiger partial charge in [-0.2, -0.15) is 0 Å². The minimum absolute atomic E-state index is 0.106. The Labute approximate surface area is 157 Å². The number of ether oxygens (including phenoxy) is 3. The van der Waals surface area contributed by atoms with Crippen molar-refractivity contribution >= 4 is 28.1 Å². The van der Waals surface area contributed by atoms with Gasteiger partial charge >= 0.3 is 5.97 Å². The highest BCUT2D eigenvalue weighted by Gasteiger charge is 2.12. The minimum atomic E-state index is -0.624. The normalized spacial score (nSPS) is 10.6. The van der Waals surface area contributed by atoms with Gasteiger partial charge in [-0.25, -0.2) is 9.78 Å². The first-order valence-electron chi connectivity index (χ1n) is 7.91. The van der Waals surface area contributed by atoms with Crippen LogP contribution in [0, 0.1) is 0 Å². The van der Waals surface area contributed by atoms with Crippen LogP contribution in [0.4, 0.5) is 0 Å². The first-order valence-corrected chi connectivity index (χ1v) is 8.79. The number of hydrogen-bond acceptors (Lipinski definition) is 8. The lowest BCUT2D eigenvalue weighted by atomic mass is 10.1. The first kappa shape index (κ1) is 18.6. The number of aromatic nitrogens is 2. The van der Waals surface area contributed by atoms with Gasteiger partial charge in [-0.1, -0.05) is 0 Å². The Balaban J connectivity index is 1.59. The van der Waals surface area contributed by atoms with Crippen LogP contribution in [0.5, 0.6) is 11.5 Å². The maximum atomic E-state index is 11.9. The zero-order chi connectivity index (χ0) is 19.4. The van der Waals surface area contributed by atoms with E-state index in [1.165, 1.54) is 41.9 Å². The Hall–Kier alpha value is -3.20.